The molecule has 2 aliphatic rings. The Bertz CT molecular complexity index is 1390. The van der Waals surface area contributed by atoms with Crippen LogP contribution in [0, 0.1) is 13.8 Å². The van der Waals surface area contributed by atoms with Crippen molar-refractivity contribution in [3.8, 4) is 0 Å². The standard InChI is InChI=1S/C29H35N7O3S/c1-18-4-3-5-21(16-18)29(39)36-14-12-35(13-15-36)25-11-6-20(27(37)31-23-9-7-22(30)8-10-23)17-24(25)32-28(38)26-19(2)33-34-40-26/h3-6,11,16-17,22-23H,7-10,12-15,30H2,1-2H3,(H,31,37)(H,32,38). The van der Waals surface area contributed by atoms with E-state index in [1.165, 1.54) is 0 Å². The number of nitrogens with two attached hydrogens (primary N) is 1. The molecule has 40 heavy (non-hydrogen) atoms. The lowest BCUT2D eigenvalue weighted by Crippen LogP contribution is -2.49. The van der Waals surface area contributed by atoms with Crippen LogP contribution in [0.15, 0.2) is 42.5 Å². The first-order chi connectivity index (χ1) is 19.3. The topological polar surface area (TPSA) is 134 Å². The summed E-state index contributed by atoms with van der Waals surface area (Å²) in [5.41, 5.74) is 10.1. The van der Waals surface area contributed by atoms with Gasteiger partial charge in [-0.3, -0.25) is 14.4 Å². The molecular formula is C29H35N7O3S. The summed E-state index contributed by atoms with van der Waals surface area (Å²) in [6, 6.07) is 13.3. The third-order valence-corrected chi connectivity index (χ3v) is 8.47. The summed E-state index contributed by atoms with van der Waals surface area (Å²) in [4.78, 5) is 43.7. The quantitative estimate of drug-likeness (QED) is 0.420. The van der Waals surface area contributed by atoms with Crippen LogP contribution in [0.4, 0.5) is 11.4 Å². The Kier molecular flexibility index (Phi) is 8.41. The van der Waals surface area contributed by atoms with Gasteiger partial charge in [0.1, 0.15) is 4.88 Å². The van der Waals surface area contributed by atoms with Crippen molar-refractivity contribution < 1.29 is 14.4 Å². The van der Waals surface area contributed by atoms with Crippen molar-refractivity contribution in [3.05, 3.63) is 69.7 Å². The van der Waals surface area contributed by atoms with Gasteiger partial charge in [-0.25, -0.2) is 0 Å². The monoisotopic (exact) mass is 561 g/mol. The minimum atomic E-state index is -0.319. The fourth-order valence-corrected chi connectivity index (χ4v) is 5.87. The van der Waals surface area contributed by atoms with E-state index in [-0.39, 0.29) is 29.8 Å². The molecule has 2 aromatic carbocycles. The van der Waals surface area contributed by atoms with Crippen molar-refractivity contribution in [2.45, 2.75) is 51.6 Å². The number of carbonyl (C=O) groups is 3. The number of hydrogen-bond acceptors (Lipinski definition) is 8. The molecule has 10 nitrogen and oxygen atoms in total. The molecule has 1 aromatic heterocycles. The molecule has 2 heterocycles. The normalized spacial score (nSPS) is 19.3. The molecule has 1 saturated heterocycles. The molecule has 1 aliphatic carbocycles. The third kappa shape index (κ3) is 6.31. The Morgan fingerprint density at radius 2 is 1.68 bits per heavy atom. The molecule has 0 atom stereocenters. The van der Waals surface area contributed by atoms with Crippen LogP contribution in [0.2, 0.25) is 0 Å². The van der Waals surface area contributed by atoms with Crippen LogP contribution in [0.5, 0.6) is 0 Å². The van der Waals surface area contributed by atoms with Gasteiger partial charge in [-0.15, -0.1) is 5.10 Å². The summed E-state index contributed by atoms with van der Waals surface area (Å²) in [6.45, 7) is 5.99. The summed E-state index contributed by atoms with van der Waals surface area (Å²) in [5, 5.41) is 10.1. The van der Waals surface area contributed by atoms with Crippen molar-refractivity contribution in [1.29, 1.82) is 0 Å². The van der Waals surface area contributed by atoms with Crippen molar-refractivity contribution in [1.82, 2.24) is 19.8 Å². The van der Waals surface area contributed by atoms with Gasteiger partial charge in [0.25, 0.3) is 17.7 Å². The van der Waals surface area contributed by atoms with Crippen molar-refractivity contribution in [2.24, 2.45) is 5.73 Å². The minimum absolute atomic E-state index is 0.0146. The second-order valence-electron chi connectivity index (χ2n) is 10.6. The lowest BCUT2D eigenvalue weighted by atomic mass is 9.91. The smallest absolute Gasteiger partial charge is 0.269 e. The third-order valence-electron chi connectivity index (χ3n) is 7.64. The molecule has 0 bridgehead atoms. The van der Waals surface area contributed by atoms with Crippen molar-refractivity contribution >= 4 is 40.6 Å². The molecule has 0 spiro atoms. The molecule has 3 amide bonds. The van der Waals surface area contributed by atoms with Crippen LogP contribution in [0.1, 0.15) is 67.3 Å². The molecule has 5 rings (SSSR count). The zero-order chi connectivity index (χ0) is 28.2. The largest absolute Gasteiger partial charge is 0.366 e. The number of piperazine rings is 1. The van der Waals surface area contributed by atoms with Crippen LogP contribution in [0.3, 0.4) is 0 Å². The maximum Gasteiger partial charge on any atom is 0.269 e. The second-order valence-corrected chi connectivity index (χ2v) is 11.4. The molecule has 1 saturated carbocycles. The average Bonchev–Trinajstić information content (AvgIpc) is 3.40. The minimum Gasteiger partial charge on any atom is -0.366 e. The summed E-state index contributed by atoms with van der Waals surface area (Å²) < 4.78 is 3.88. The van der Waals surface area contributed by atoms with Crippen LogP contribution in [-0.2, 0) is 0 Å². The Labute approximate surface area is 238 Å². The first kappa shape index (κ1) is 27.7. The molecule has 4 N–H and O–H groups in total. The average molecular weight is 562 g/mol. The fraction of sp³-hybridized carbons (Fsp3) is 0.414. The number of nitrogens with zero attached hydrogens (tertiary/aromatic N) is 4. The summed E-state index contributed by atoms with van der Waals surface area (Å²) in [7, 11) is 0. The molecule has 0 unspecified atom stereocenters. The van der Waals surface area contributed by atoms with Gasteiger partial charge < -0.3 is 26.2 Å². The molecular weight excluding hydrogens is 526 g/mol. The predicted molar refractivity (Wildman–Crippen MR) is 156 cm³/mol. The number of aromatic nitrogens is 2. The molecule has 2 fully saturated rings. The van der Waals surface area contributed by atoms with Gasteiger partial charge in [0.2, 0.25) is 0 Å². The number of amides is 3. The number of carbonyl (C=O) groups excluding carboxylic acids is 3. The van der Waals surface area contributed by atoms with E-state index in [0.717, 1.165) is 48.5 Å². The summed E-state index contributed by atoms with van der Waals surface area (Å²) in [6.07, 6.45) is 3.51. The van der Waals surface area contributed by atoms with Crippen LogP contribution in [0.25, 0.3) is 0 Å². The van der Waals surface area contributed by atoms with Crippen molar-refractivity contribution in [2.75, 3.05) is 36.4 Å². The van der Waals surface area contributed by atoms with Crippen LogP contribution in [-0.4, -0.2) is 70.5 Å². The first-order valence-corrected chi connectivity index (χ1v) is 14.5. The number of rotatable bonds is 6. The second kappa shape index (κ2) is 12.1. The van der Waals surface area contributed by atoms with Crippen LogP contribution < -0.4 is 21.3 Å². The van der Waals surface area contributed by atoms with Gasteiger partial charge in [-0.2, -0.15) is 0 Å². The van der Waals surface area contributed by atoms with E-state index in [0.29, 0.717) is 53.6 Å². The zero-order valence-electron chi connectivity index (χ0n) is 22.9. The maximum atomic E-state index is 13.1. The summed E-state index contributed by atoms with van der Waals surface area (Å²) >= 11 is 1.03. The van der Waals surface area contributed by atoms with E-state index in [1.54, 1.807) is 19.1 Å². The van der Waals surface area contributed by atoms with Gasteiger partial charge in [0.15, 0.2) is 0 Å². The Morgan fingerprint density at radius 1 is 0.925 bits per heavy atom. The number of aryl methyl sites for hydroxylation is 2. The van der Waals surface area contributed by atoms with Gasteiger partial charge in [-0.1, -0.05) is 22.2 Å². The highest BCUT2D eigenvalue weighted by Crippen LogP contribution is 2.30. The summed E-state index contributed by atoms with van der Waals surface area (Å²) in [5.74, 6) is -0.478. The first-order valence-electron chi connectivity index (χ1n) is 13.7. The van der Waals surface area contributed by atoms with Gasteiger partial charge in [-0.05, 0) is 81.4 Å². The molecule has 210 valence electrons. The Hall–Kier alpha value is -3.83. The number of anilines is 2. The number of hydrogen-bond donors (Lipinski definition) is 3. The van der Waals surface area contributed by atoms with Gasteiger partial charge in [0, 0.05) is 49.4 Å². The highest BCUT2D eigenvalue weighted by Gasteiger charge is 2.26. The molecule has 11 heteroatoms. The zero-order valence-corrected chi connectivity index (χ0v) is 23.7. The van der Waals surface area contributed by atoms with Crippen molar-refractivity contribution in [3.63, 3.8) is 0 Å². The fourth-order valence-electron chi connectivity index (χ4n) is 5.32. The predicted octanol–water partition coefficient (Wildman–Crippen LogP) is 3.37. The number of benzene rings is 2. The highest BCUT2D eigenvalue weighted by atomic mass is 32.1. The number of nitrogens with one attached hydrogen (secondary N) is 2. The molecule has 3 aromatic rings. The van der Waals surface area contributed by atoms with E-state index in [4.69, 9.17) is 5.73 Å². The van der Waals surface area contributed by atoms with Gasteiger partial charge in [0.05, 0.1) is 17.1 Å². The lowest BCUT2D eigenvalue weighted by molar-refractivity contribution is 0.0746. The Morgan fingerprint density at radius 3 is 2.35 bits per heavy atom. The van der Waals surface area contributed by atoms with E-state index in [9.17, 15) is 14.4 Å². The SMILES string of the molecule is Cc1cccc(C(=O)N2CCN(c3ccc(C(=O)NC4CCC(N)CC4)cc3NC(=O)c3snnc3C)CC2)c1. The molecule has 1 aliphatic heterocycles. The lowest BCUT2D eigenvalue weighted by Gasteiger charge is -2.37. The van der Waals surface area contributed by atoms with E-state index >= 15 is 0 Å². The Balaban J connectivity index is 1.33. The van der Waals surface area contributed by atoms with E-state index in [2.05, 4.69) is 25.1 Å². The van der Waals surface area contributed by atoms with Crippen LogP contribution >= 0.6 is 11.5 Å². The highest BCUT2D eigenvalue weighted by molar-refractivity contribution is 7.08. The van der Waals surface area contributed by atoms with E-state index < -0.39 is 0 Å². The van der Waals surface area contributed by atoms with E-state index in [1.807, 2.05) is 42.2 Å². The maximum absolute atomic E-state index is 13.1. The molecule has 0 radical (unpaired) electrons. The van der Waals surface area contributed by atoms with Gasteiger partial charge >= 0.3 is 0 Å².